The number of ether oxygens (including phenoxy) is 2. The standard InChI is InChI=1S/C18H17BrN8O2/c19-12-5-9-1-2-10(6-13(9)24-16(12)20)28-7-11-3-4-14(29-11)27-25-17(21)15-18(26-27)23-8-22-15/h1-2,5-6,8,11,14H,3-4,7H2,(H2,20,24)(H2,21,25). The molecule has 1 fully saturated rings. The van der Waals surface area contributed by atoms with E-state index in [-0.39, 0.29) is 18.1 Å². The predicted molar refractivity (Wildman–Crippen MR) is 109 cm³/mol. The van der Waals surface area contributed by atoms with Crippen LogP contribution in [0.2, 0.25) is 0 Å². The maximum Gasteiger partial charge on any atom is 0.205 e. The molecule has 0 radical (unpaired) electrons. The summed E-state index contributed by atoms with van der Waals surface area (Å²) in [5.41, 5.74) is 13.1. The fourth-order valence-electron chi connectivity index (χ4n) is 3.31. The van der Waals surface area contributed by atoms with Crippen molar-refractivity contribution in [3.63, 3.8) is 0 Å². The lowest BCUT2D eigenvalue weighted by Gasteiger charge is -2.16. The number of hydrogen-bond donors (Lipinski definition) is 2. The van der Waals surface area contributed by atoms with E-state index in [1.54, 1.807) is 0 Å². The summed E-state index contributed by atoms with van der Waals surface area (Å²) in [4.78, 5) is 14.0. The minimum Gasteiger partial charge on any atom is -0.491 e. The van der Waals surface area contributed by atoms with Crippen LogP contribution in [0.3, 0.4) is 0 Å². The Morgan fingerprint density at radius 1 is 1.14 bits per heavy atom. The smallest absolute Gasteiger partial charge is 0.205 e. The number of nitrogens with zero attached hydrogens (tertiary/aromatic N) is 6. The van der Waals surface area contributed by atoms with Crippen LogP contribution < -0.4 is 16.2 Å². The summed E-state index contributed by atoms with van der Waals surface area (Å²) in [7, 11) is 0. The number of aromatic nitrogens is 6. The van der Waals surface area contributed by atoms with Gasteiger partial charge in [0.2, 0.25) is 5.82 Å². The van der Waals surface area contributed by atoms with Gasteiger partial charge in [0.25, 0.3) is 0 Å². The van der Waals surface area contributed by atoms with Crippen molar-refractivity contribution >= 4 is 38.5 Å². The number of rotatable bonds is 4. The Bertz CT molecular complexity index is 1170. The van der Waals surface area contributed by atoms with Gasteiger partial charge in [-0.1, -0.05) is 0 Å². The first-order chi connectivity index (χ1) is 14.1. The van der Waals surface area contributed by atoms with Crippen LogP contribution in [0.15, 0.2) is 35.1 Å². The van der Waals surface area contributed by atoms with E-state index in [0.717, 1.165) is 28.2 Å². The molecule has 1 aromatic carbocycles. The van der Waals surface area contributed by atoms with E-state index in [0.29, 0.717) is 29.7 Å². The van der Waals surface area contributed by atoms with Crippen molar-refractivity contribution in [2.75, 3.05) is 18.1 Å². The number of fused-ring (bicyclic) bond motifs is 2. The van der Waals surface area contributed by atoms with Crippen LogP contribution in [-0.4, -0.2) is 42.7 Å². The number of halogens is 1. The van der Waals surface area contributed by atoms with Gasteiger partial charge in [-0.3, -0.25) is 0 Å². The molecule has 4 heterocycles. The largest absolute Gasteiger partial charge is 0.491 e. The van der Waals surface area contributed by atoms with Gasteiger partial charge in [0.1, 0.15) is 24.5 Å². The van der Waals surface area contributed by atoms with Gasteiger partial charge in [-0.05, 0) is 47.0 Å². The molecule has 0 aliphatic carbocycles. The molecule has 1 aromatic heterocycles. The molecule has 148 valence electrons. The van der Waals surface area contributed by atoms with Gasteiger partial charge >= 0.3 is 0 Å². The highest BCUT2D eigenvalue weighted by Crippen LogP contribution is 2.30. The van der Waals surface area contributed by atoms with Crippen LogP contribution in [0.4, 0.5) is 11.6 Å². The van der Waals surface area contributed by atoms with Crippen LogP contribution in [0.25, 0.3) is 22.4 Å². The molecule has 29 heavy (non-hydrogen) atoms. The van der Waals surface area contributed by atoms with Gasteiger partial charge in [-0.25, -0.2) is 15.0 Å². The van der Waals surface area contributed by atoms with E-state index in [1.807, 2.05) is 24.3 Å². The minimum atomic E-state index is -0.317. The molecule has 11 heteroatoms. The third-order valence-corrected chi connectivity index (χ3v) is 5.41. The summed E-state index contributed by atoms with van der Waals surface area (Å²) in [6.45, 7) is 0.405. The van der Waals surface area contributed by atoms with Crippen molar-refractivity contribution in [1.29, 1.82) is 0 Å². The summed E-state index contributed by atoms with van der Waals surface area (Å²) in [5.74, 6) is 1.89. The Hall–Kier alpha value is -3.05. The van der Waals surface area contributed by atoms with Gasteiger partial charge in [-0.15, -0.1) is 10.2 Å². The third kappa shape index (κ3) is 3.42. The molecule has 2 atom stereocenters. The Morgan fingerprint density at radius 2 is 2.03 bits per heavy atom. The van der Waals surface area contributed by atoms with E-state index in [4.69, 9.17) is 20.9 Å². The highest BCUT2D eigenvalue weighted by atomic mass is 79.9. The highest BCUT2D eigenvalue weighted by molar-refractivity contribution is 9.10. The fraction of sp³-hybridized carbons (Fsp3) is 0.278. The van der Waals surface area contributed by atoms with Crippen LogP contribution in [-0.2, 0) is 4.74 Å². The maximum absolute atomic E-state index is 6.04. The van der Waals surface area contributed by atoms with Crippen molar-refractivity contribution in [3.05, 3.63) is 35.1 Å². The topological polar surface area (TPSA) is 140 Å². The van der Waals surface area contributed by atoms with Crippen molar-refractivity contribution in [2.24, 2.45) is 0 Å². The molecule has 4 N–H and O–H groups in total. The van der Waals surface area contributed by atoms with Crippen LogP contribution in [0.1, 0.15) is 19.1 Å². The van der Waals surface area contributed by atoms with E-state index in [1.165, 1.54) is 11.1 Å². The van der Waals surface area contributed by atoms with Gasteiger partial charge in [0, 0.05) is 11.5 Å². The zero-order valence-corrected chi connectivity index (χ0v) is 16.8. The number of anilines is 2. The van der Waals surface area contributed by atoms with Gasteiger partial charge in [0.15, 0.2) is 17.7 Å². The van der Waals surface area contributed by atoms with E-state index in [2.05, 4.69) is 41.1 Å². The number of imidazole rings is 1. The summed E-state index contributed by atoms with van der Waals surface area (Å²) >= 11 is 3.39. The average Bonchev–Trinajstić information content (AvgIpc) is 3.37. The molecular weight excluding hydrogens is 440 g/mol. The Morgan fingerprint density at radius 3 is 2.93 bits per heavy atom. The number of pyridine rings is 1. The molecule has 3 aliphatic heterocycles. The normalized spacial score (nSPS) is 19.2. The first kappa shape index (κ1) is 18.0. The second-order valence-corrected chi connectivity index (χ2v) is 7.62. The first-order valence-corrected chi connectivity index (χ1v) is 9.83. The van der Waals surface area contributed by atoms with Crippen molar-refractivity contribution < 1.29 is 9.47 Å². The lowest BCUT2D eigenvalue weighted by atomic mass is 10.2. The minimum absolute atomic E-state index is 0.0857. The molecule has 2 aromatic rings. The lowest BCUT2D eigenvalue weighted by molar-refractivity contribution is -0.0318. The van der Waals surface area contributed by atoms with Crippen molar-refractivity contribution in [3.8, 4) is 17.3 Å². The zero-order valence-electron chi connectivity index (χ0n) is 15.2. The molecule has 5 rings (SSSR count). The molecule has 0 spiro atoms. The highest BCUT2D eigenvalue weighted by Gasteiger charge is 2.29. The number of nitrogens with two attached hydrogens (primary N) is 2. The molecule has 3 aliphatic rings. The van der Waals surface area contributed by atoms with Crippen LogP contribution >= 0.6 is 15.9 Å². The lowest BCUT2D eigenvalue weighted by Crippen LogP contribution is -2.22. The van der Waals surface area contributed by atoms with Crippen LogP contribution in [0.5, 0.6) is 5.75 Å². The van der Waals surface area contributed by atoms with E-state index >= 15 is 0 Å². The number of nitrogen functional groups attached to an aromatic ring is 2. The van der Waals surface area contributed by atoms with E-state index in [9.17, 15) is 0 Å². The second-order valence-electron chi connectivity index (χ2n) is 6.76. The van der Waals surface area contributed by atoms with Gasteiger partial charge in [0.05, 0.1) is 16.1 Å². The quantitative estimate of drug-likeness (QED) is 0.473. The molecule has 1 saturated heterocycles. The molecule has 0 amide bonds. The Balaban J connectivity index is 1.26. The maximum atomic E-state index is 6.04. The molecule has 2 unspecified atom stereocenters. The number of hydrogen-bond acceptors (Lipinski definition) is 9. The molecule has 0 saturated carbocycles. The molecular formula is C18H17BrN8O2. The molecule has 0 bridgehead atoms. The summed E-state index contributed by atoms with van der Waals surface area (Å²) in [6, 6.07) is 7.65. The predicted octanol–water partition coefficient (Wildman–Crippen LogP) is 2.40. The van der Waals surface area contributed by atoms with Crippen molar-refractivity contribution in [2.45, 2.75) is 25.2 Å². The Labute approximate surface area is 173 Å². The average molecular weight is 457 g/mol. The first-order valence-electron chi connectivity index (χ1n) is 9.04. The second kappa shape index (κ2) is 7.08. The van der Waals surface area contributed by atoms with Gasteiger partial charge in [-0.2, -0.15) is 4.80 Å². The van der Waals surface area contributed by atoms with E-state index < -0.39 is 0 Å². The summed E-state index contributed by atoms with van der Waals surface area (Å²) < 4.78 is 12.7. The summed E-state index contributed by atoms with van der Waals surface area (Å²) in [5, 5.41) is 9.57. The zero-order chi connectivity index (χ0) is 20.0. The van der Waals surface area contributed by atoms with Crippen molar-refractivity contribution in [1.82, 2.24) is 29.9 Å². The SMILES string of the molecule is Nc1nc2cc(OCC3CCC(n4nc5ncnc-5c(N)n4)O3)ccc2cc1Br. The summed E-state index contributed by atoms with van der Waals surface area (Å²) in [6.07, 6.45) is 2.58. The van der Waals surface area contributed by atoms with Gasteiger partial charge < -0.3 is 20.9 Å². The van der Waals surface area contributed by atoms with Crippen LogP contribution in [0, 0.1) is 0 Å². The third-order valence-electron chi connectivity index (χ3n) is 4.78. The monoisotopic (exact) mass is 456 g/mol. The number of benzene rings is 1. The molecule has 10 nitrogen and oxygen atoms in total. The fourth-order valence-corrected chi connectivity index (χ4v) is 3.65. The Kier molecular flexibility index (Phi) is 4.40.